The van der Waals surface area contributed by atoms with Crippen LogP contribution >= 0.6 is 0 Å². The number of fused-ring (bicyclic) bond motifs is 3. The minimum Gasteiger partial charge on any atom is -0.464 e. The molecule has 5 aromatic rings. The third-order valence-corrected chi connectivity index (χ3v) is 7.17. The van der Waals surface area contributed by atoms with Crippen LogP contribution < -0.4 is 10.7 Å². The number of amides is 2. The van der Waals surface area contributed by atoms with Crippen molar-refractivity contribution in [3.05, 3.63) is 94.3 Å². The van der Waals surface area contributed by atoms with Gasteiger partial charge in [-0.25, -0.2) is 5.43 Å². The summed E-state index contributed by atoms with van der Waals surface area (Å²) in [7, 11) is 0. The van der Waals surface area contributed by atoms with Crippen molar-refractivity contribution in [3.63, 3.8) is 0 Å². The monoisotopic (exact) mass is 520 g/mol. The van der Waals surface area contributed by atoms with Crippen molar-refractivity contribution in [1.29, 1.82) is 0 Å². The highest BCUT2D eigenvalue weighted by atomic mass is 16.4. The highest BCUT2D eigenvalue weighted by Gasteiger charge is 2.28. The second kappa shape index (κ2) is 9.87. The summed E-state index contributed by atoms with van der Waals surface area (Å²) in [5, 5.41) is 9.31. The van der Waals surface area contributed by atoms with Gasteiger partial charge in [0.2, 0.25) is 5.91 Å². The molecule has 1 aliphatic carbocycles. The third kappa shape index (κ3) is 4.58. The summed E-state index contributed by atoms with van der Waals surface area (Å²) in [6.45, 7) is 5.88. The fourth-order valence-electron chi connectivity index (χ4n) is 5.48. The molecular formula is C31H28N4O4. The van der Waals surface area contributed by atoms with E-state index in [-0.39, 0.29) is 24.0 Å². The number of benzene rings is 2. The molecule has 0 spiro atoms. The molecule has 8 heteroatoms. The van der Waals surface area contributed by atoms with Crippen molar-refractivity contribution in [2.75, 3.05) is 5.32 Å². The number of nitrogens with one attached hydrogen (secondary N) is 2. The van der Waals surface area contributed by atoms with Crippen LogP contribution in [-0.2, 0) is 17.6 Å². The number of rotatable bonds is 5. The molecule has 3 heterocycles. The molecule has 0 fully saturated rings. The summed E-state index contributed by atoms with van der Waals surface area (Å²) in [6.07, 6.45) is 5.68. The highest BCUT2D eigenvalue weighted by Crippen LogP contribution is 2.31. The predicted molar refractivity (Wildman–Crippen MR) is 150 cm³/mol. The van der Waals surface area contributed by atoms with E-state index in [1.807, 2.05) is 57.2 Å². The molecular weight excluding hydrogens is 492 g/mol. The zero-order valence-electron chi connectivity index (χ0n) is 22.1. The van der Waals surface area contributed by atoms with Crippen molar-refractivity contribution >= 4 is 45.1 Å². The van der Waals surface area contributed by atoms with Crippen LogP contribution in [0.5, 0.6) is 0 Å². The highest BCUT2D eigenvalue weighted by molar-refractivity contribution is 6.11. The lowest BCUT2D eigenvalue weighted by molar-refractivity contribution is -0.120. The Hall–Kier alpha value is -4.72. The number of furan rings is 2. The number of anilines is 1. The quantitative estimate of drug-likeness (QED) is 0.270. The molecule has 0 atom stereocenters. The van der Waals surface area contributed by atoms with Gasteiger partial charge in [0, 0.05) is 40.1 Å². The Balaban J connectivity index is 1.22. The molecule has 0 bridgehead atoms. The number of pyridine rings is 1. The number of carbonyl (C=O) groups excluding carboxylic acids is 2. The van der Waals surface area contributed by atoms with Crippen LogP contribution in [0.25, 0.3) is 21.9 Å². The Kier molecular flexibility index (Phi) is 6.23. The zero-order valence-corrected chi connectivity index (χ0v) is 22.1. The molecule has 196 valence electrons. The summed E-state index contributed by atoms with van der Waals surface area (Å²) >= 11 is 0. The molecule has 39 heavy (non-hydrogen) atoms. The van der Waals surface area contributed by atoms with Gasteiger partial charge in [-0.05, 0) is 62.9 Å². The third-order valence-electron chi connectivity index (χ3n) is 7.17. The molecule has 0 saturated heterocycles. The normalized spacial score (nSPS) is 14.1. The first kappa shape index (κ1) is 24.6. The van der Waals surface area contributed by atoms with Crippen LogP contribution in [0, 0.1) is 20.8 Å². The SMILES string of the molecule is Cc1cc(C)c2c(CC(=O)N/N=C3\CCCc4oc(C(=O)Nc5cccc6cccnc56)c(C)c43)coc2c1. The number of carbonyl (C=O) groups is 2. The standard InChI is InChI=1S/C31H28N4O4/c1-17-13-18(2)27-21(16-38-25(27)14-17)15-26(36)35-34-22-9-5-11-24-28(22)19(3)30(39-24)31(37)33-23-10-4-7-20-8-6-12-32-29(20)23/h4,6-8,10,12-14,16H,5,9,11,15H2,1-3H3,(H,33,37)(H,35,36)/b34-22+. The average molecular weight is 521 g/mol. The summed E-state index contributed by atoms with van der Waals surface area (Å²) < 4.78 is 11.7. The van der Waals surface area contributed by atoms with Gasteiger partial charge in [0.15, 0.2) is 5.76 Å². The number of hydrazone groups is 1. The minimum atomic E-state index is -0.346. The van der Waals surface area contributed by atoms with E-state index in [1.165, 1.54) is 0 Å². The maximum atomic E-state index is 13.3. The van der Waals surface area contributed by atoms with Crippen LogP contribution in [0.1, 0.15) is 57.0 Å². The van der Waals surface area contributed by atoms with E-state index in [4.69, 9.17) is 8.83 Å². The maximum absolute atomic E-state index is 13.3. The maximum Gasteiger partial charge on any atom is 0.291 e. The van der Waals surface area contributed by atoms with E-state index in [0.717, 1.165) is 45.0 Å². The molecule has 0 radical (unpaired) electrons. The molecule has 0 aliphatic heterocycles. The molecule has 8 nitrogen and oxygen atoms in total. The van der Waals surface area contributed by atoms with E-state index in [0.29, 0.717) is 41.1 Å². The number of hydrogen-bond donors (Lipinski definition) is 2. The number of hydrogen-bond acceptors (Lipinski definition) is 6. The molecule has 2 amide bonds. The van der Waals surface area contributed by atoms with Gasteiger partial charge < -0.3 is 14.2 Å². The Morgan fingerprint density at radius 2 is 1.92 bits per heavy atom. The molecule has 3 aromatic heterocycles. The van der Waals surface area contributed by atoms with Crippen molar-refractivity contribution < 1.29 is 18.4 Å². The first-order valence-corrected chi connectivity index (χ1v) is 13.0. The van der Waals surface area contributed by atoms with Crippen molar-refractivity contribution in [3.8, 4) is 0 Å². The van der Waals surface area contributed by atoms with Crippen molar-refractivity contribution in [1.82, 2.24) is 10.4 Å². The van der Waals surface area contributed by atoms with Gasteiger partial charge in [-0.1, -0.05) is 24.3 Å². The molecule has 1 aliphatic rings. The van der Waals surface area contributed by atoms with Crippen LogP contribution in [0.4, 0.5) is 5.69 Å². The number of nitrogens with zero attached hydrogens (tertiary/aromatic N) is 2. The Morgan fingerprint density at radius 3 is 2.79 bits per heavy atom. The fourth-order valence-corrected chi connectivity index (χ4v) is 5.48. The Morgan fingerprint density at radius 1 is 1.08 bits per heavy atom. The second-order valence-corrected chi connectivity index (χ2v) is 10.0. The van der Waals surface area contributed by atoms with Gasteiger partial charge in [0.25, 0.3) is 5.91 Å². The number of aromatic nitrogens is 1. The number of para-hydroxylation sites is 1. The van der Waals surface area contributed by atoms with Crippen LogP contribution in [0.3, 0.4) is 0 Å². The molecule has 2 aromatic carbocycles. The summed E-state index contributed by atoms with van der Waals surface area (Å²) in [5.41, 5.74) is 10.0. The summed E-state index contributed by atoms with van der Waals surface area (Å²) in [4.78, 5) is 30.5. The van der Waals surface area contributed by atoms with Crippen LogP contribution in [0.15, 0.2) is 68.9 Å². The topological polar surface area (TPSA) is 110 Å². The van der Waals surface area contributed by atoms with Gasteiger partial charge in [0.1, 0.15) is 11.3 Å². The van der Waals surface area contributed by atoms with E-state index in [9.17, 15) is 9.59 Å². The molecule has 6 rings (SSSR count). The first-order chi connectivity index (χ1) is 18.9. The predicted octanol–water partition coefficient (Wildman–Crippen LogP) is 6.15. The van der Waals surface area contributed by atoms with Crippen LogP contribution in [0.2, 0.25) is 0 Å². The fraction of sp³-hybridized carbons (Fsp3) is 0.226. The van der Waals surface area contributed by atoms with E-state index >= 15 is 0 Å². The lowest BCUT2D eigenvalue weighted by Crippen LogP contribution is -2.23. The van der Waals surface area contributed by atoms with Gasteiger partial charge >= 0.3 is 0 Å². The Bertz CT molecular complexity index is 1790. The first-order valence-electron chi connectivity index (χ1n) is 13.0. The van der Waals surface area contributed by atoms with Gasteiger partial charge in [0.05, 0.1) is 29.6 Å². The smallest absolute Gasteiger partial charge is 0.291 e. The Labute approximate surface area is 225 Å². The second-order valence-electron chi connectivity index (χ2n) is 10.0. The lowest BCUT2D eigenvalue weighted by atomic mass is 9.93. The zero-order chi connectivity index (χ0) is 27.1. The largest absolute Gasteiger partial charge is 0.464 e. The van der Waals surface area contributed by atoms with E-state index in [1.54, 1.807) is 12.5 Å². The van der Waals surface area contributed by atoms with Gasteiger partial charge in [-0.15, -0.1) is 0 Å². The average Bonchev–Trinajstić information content (AvgIpc) is 3.48. The van der Waals surface area contributed by atoms with Crippen molar-refractivity contribution in [2.24, 2.45) is 5.10 Å². The minimum absolute atomic E-state index is 0.150. The summed E-state index contributed by atoms with van der Waals surface area (Å²) in [6, 6.07) is 13.5. The number of aryl methyl sites for hydroxylation is 3. The molecule has 0 saturated carbocycles. The van der Waals surface area contributed by atoms with Gasteiger partial charge in [-0.3, -0.25) is 14.6 Å². The van der Waals surface area contributed by atoms with Crippen molar-refractivity contribution in [2.45, 2.75) is 46.5 Å². The lowest BCUT2D eigenvalue weighted by Gasteiger charge is -2.13. The summed E-state index contributed by atoms with van der Waals surface area (Å²) in [5.74, 6) is 0.366. The van der Waals surface area contributed by atoms with E-state index in [2.05, 4.69) is 26.9 Å². The van der Waals surface area contributed by atoms with Crippen LogP contribution in [-0.4, -0.2) is 22.5 Å². The van der Waals surface area contributed by atoms with E-state index < -0.39 is 0 Å². The molecule has 2 N–H and O–H groups in total. The van der Waals surface area contributed by atoms with Gasteiger partial charge in [-0.2, -0.15) is 5.10 Å². The molecule has 0 unspecified atom stereocenters.